The van der Waals surface area contributed by atoms with Gasteiger partial charge in [0, 0.05) is 38.2 Å². The van der Waals surface area contributed by atoms with Gasteiger partial charge in [0.25, 0.3) is 11.8 Å². The molecule has 4 rings (SSSR count). The van der Waals surface area contributed by atoms with Crippen molar-refractivity contribution in [1.82, 2.24) is 14.9 Å². The van der Waals surface area contributed by atoms with Crippen LogP contribution >= 0.6 is 0 Å². The molecule has 0 unspecified atom stereocenters. The highest BCUT2D eigenvalue weighted by molar-refractivity contribution is 6.04. The predicted octanol–water partition coefficient (Wildman–Crippen LogP) is 2.65. The van der Waals surface area contributed by atoms with Crippen LogP contribution < -0.4 is 15.8 Å². The molecule has 0 spiro atoms. The summed E-state index contributed by atoms with van der Waals surface area (Å²) >= 11 is 0. The Hall–Kier alpha value is -3.98. The number of anilines is 2. The molecule has 0 atom stereocenters. The number of pyridine rings is 2. The number of fused-ring (bicyclic) bond motifs is 1. The van der Waals surface area contributed by atoms with E-state index in [-0.39, 0.29) is 11.5 Å². The van der Waals surface area contributed by atoms with Crippen molar-refractivity contribution in [1.29, 1.82) is 0 Å². The molecule has 2 aromatic heterocycles. The maximum absolute atomic E-state index is 12.8. The number of primary amides is 1. The molecule has 0 radical (unpaired) electrons. The highest BCUT2D eigenvalue weighted by Crippen LogP contribution is 2.35. The monoisotopic (exact) mass is 447 g/mol. The van der Waals surface area contributed by atoms with Crippen LogP contribution in [0.25, 0.3) is 0 Å². The molecule has 33 heavy (non-hydrogen) atoms. The average molecular weight is 447 g/mol. The van der Waals surface area contributed by atoms with E-state index >= 15 is 0 Å². The van der Waals surface area contributed by atoms with E-state index in [0.717, 1.165) is 17.0 Å². The molecular formula is C24H25N5O4. The quantitative estimate of drug-likeness (QED) is 0.545. The van der Waals surface area contributed by atoms with Crippen LogP contribution in [-0.2, 0) is 24.3 Å². The second-order valence-corrected chi connectivity index (χ2v) is 7.78. The fourth-order valence-corrected chi connectivity index (χ4v) is 3.95. The van der Waals surface area contributed by atoms with Gasteiger partial charge in [0.1, 0.15) is 0 Å². The van der Waals surface area contributed by atoms with Crippen molar-refractivity contribution in [3.63, 3.8) is 0 Å². The van der Waals surface area contributed by atoms with Gasteiger partial charge >= 0.3 is 0 Å². The van der Waals surface area contributed by atoms with Gasteiger partial charge in [-0.15, -0.1) is 0 Å². The van der Waals surface area contributed by atoms with Crippen molar-refractivity contribution in [3.8, 4) is 5.75 Å². The molecule has 0 fully saturated rings. The van der Waals surface area contributed by atoms with E-state index in [1.54, 1.807) is 43.5 Å². The molecule has 0 aliphatic carbocycles. The van der Waals surface area contributed by atoms with Gasteiger partial charge in [0.15, 0.2) is 5.75 Å². The van der Waals surface area contributed by atoms with E-state index in [9.17, 15) is 9.59 Å². The van der Waals surface area contributed by atoms with E-state index in [1.807, 2.05) is 18.2 Å². The van der Waals surface area contributed by atoms with Crippen molar-refractivity contribution in [2.24, 2.45) is 5.73 Å². The van der Waals surface area contributed by atoms with E-state index in [0.29, 0.717) is 48.0 Å². The second kappa shape index (κ2) is 9.25. The van der Waals surface area contributed by atoms with Crippen LogP contribution in [0.5, 0.6) is 5.75 Å². The molecule has 3 N–H and O–H groups in total. The van der Waals surface area contributed by atoms with Crippen molar-refractivity contribution < 1.29 is 19.1 Å². The van der Waals surface area contributed by atoms with Crippen LogP contribution in [-0.4, -0.2) is 47.9 Å². The van der Waals surface area contributed by atoms with Gasteiger partial charge in [0.2, 0.25) is 0 Å². The second-order valence-electron chi connectivity index (χ2n) is 7.78. The first-order valence-corrected chi connectivity index (χ1v) is 10.4. The summed E-state index contributed by atoms with van der Waals surface area (Å²) in [6.07, 6.45) is 2.23. The van der Waals surface area contributed by atoms with Crippen LogP contribution in [0.4, 0.5) is 11.4 Å². The molecule has 1 aromatic carbocycles. The predicted molar refractivity (Wildman–Crippen MR) is 123 cm³/mol. The smallest absolute Gasteiger partial charge is 0.257 e. The molecule has 9 heteroatoms. The number of para-hydroxylation sites is 1. The largest absolute Gasteiger partial charge is 0.494 e. The first-order valence-electron chi connectivity index (χ1n) is 10.4. The first kappa shape index (κ1) is 22.2. The third-order valence-electron chi connectivity index (χ3n) is 5.40. The minimum Gasteiger partial charge on any atom is -0.494 e. The van der Waals surface area contributed by atoms with Gasteiger partial charge < -0.3 is 25.4 Å². The van der Waals surface area contributed by atoms with E-state index in [4.69, 9.17) is 20.2 Å². The van der Waals surface area contributed by atoms with Gasteiger partial charge in [-0.2, -0.15) is 0 Å². The number of hydrogen-bond acceptors (Lipinski definition) is 7. The maximum Gasteiger partial charge on any atom is 0.257 e. The highest BCUT2D eigenvalue weighted by atomic mass is 16.5. The van der Waals surface area contributed by atoms with Crippen molar-refractivity contribution >= 4 is 23.2 Å². The number of carbonyl (C=O) groups is 2. The lowest BCUT2D eigenvalue weighted by atomic mass is 10.1. The lowest BCUT2D eigenvalue weighted by Gasteiger charge is -2.16. The van der Waals surface area contributed by atoms with Gasteiger partial charge in [-0.3, -0.25) is 19.6 Å². The number of methoxy groups -OCH3 is 2. The van der Waals surface area contributed by atoms with E-state index in [1.165, 1.54) is 7.11 Å². The number of carbonyl (C=O) groups excluding carboxylic acids is 2. The molecule has 3 aromatic rings. The fraction of sp³-hybridized carbons (Fsp3) is 0.250. The summed E-state index contributed by atoms with van der Waals surface area (Å²) in [5.41, 5.74) is 10.6. The maximum atomic E-state index is 12.8. The fourth-order valence-electron chi connectivity index (χ4n) is 3.95. The SMILES string of the molecule is COCc1ccnc(Cc2cc(Nc3cccc(C(N)=O)c3OC)c3c(n2)CN(C)C3=O)c1. The van der Waals surface area contributed by atoms with Crippen LogP contribution in [0, 0.1) is 0 Å². The summed E-state index contributed by atoms with van der Waals surface area (Å²) in [5.74, 6) is -0.421. The number of aromatic nitrogens is 2. The highest BCUT2D eigenvalue weighted by Gasteiger charge is 2.30. The molecule has 0 bridgehead atoms. The average Bonchev–Trinajstić information content (AvgIpc) is 3.07. The summed E-state index contributed by atoms with van der Waals surface area (Å²) in [5, 5.41) is 3.27. The Morgan fingerprint density at radius 1 is 1.18 bits per heavy atom. The minimum absolute atomic E-state index is 0.128. The lowest BCUT2D eigenvalue weighted by Crippen LogP contribution is -2.18. The van der Waals surface area contributed by atoms with Crippen molar-refractivity contribution in [2.75, 3.05) is 26.6 Å². The molecule has 170 valence electrons. The van der Waals surface area contributed by atoms with E-state index in [2.05, 4.69) is 10.3 Å². The third kappa shape index (κ3) is 4.49. The lowest BCUT2D eigenvalue weighted by molar-refractivity contribution is 0.0816. The number of benzene rings is 1. The van der Waals surface area contributed by atoms with Crippen LogP contribution in [0.1, 0.15) is 43.4 Å². The van der Waals surface area contributed by atoms with Crippen molar-refractivity contribution in [3.05, 3.63) is 76.4 Å². The third-order valence-corrected chi connectivity index (χ3v) is 5.40. The number of hydrogen-bond donors (Lipinski definition) is 2. The summed E-state index contributed by atoms with van der Waals surface area (Å²) < 4.78 is 10.7. The zero-order chi connectivity index (χ0) is 23.5. The number of amides is 2. The molecule has 1 aliphatic rings. The summed E-state index contributed by atoms with van der Waals surface area (Å²) in [4.78, 5) is 35.5. The molecule has 0 saturated heterocycles. The Labute approximate surface area is 191 Å². The number of ether oxygens (including phenoxy) is 2. The molecule has 0 saturated carbocycles. The zero-order valence-electron chi connectivity index (χ0n) is 18.7. The number of rotatable bonds is 8. The molecule has 3 heterocycles. The van der Waals surface area contributed by atoms with Crippen LogP contribution in [0.3, 0.4) is 0 Å². The number of nitrogens with one attached hydrogen (secondary N) is 1. The molecule has 1 aliphatic heterocycles. The zero-order valence-corrected chi connectivity index (χ0v) is 18.7. The molecule has 2 amide bonds. The van der Waals surface area contributed by atoms with Gasteiger partial charge in [-0.05, 0) is 35.9 Å². The summed E-state index contributed by atoms with van der Waals surface area (Å²) in [6.45, 7) is 0.904. The Morgan fingerprint density at radius 3 is 2.73 bits per heavy atom. The minimum atomic E-state index is -0.603. The summed E-state index contributed by atoms with van der Waals surface area (Å²) in [7, 11) is 4.85. The van der Waals surface area contributed by atoms with Gasteiger partial charge in [-0.25, -0.2) is 0 Å². The topological polar surface area (TPSA) is 120 Å². The van der Waals surface area contributed by atoms with Crippen LogP contribution in [0.2, 0.25) is 0 Å². The Bertz CT molecular complexity index is 1230. The normalized spacial score (nSPS) is 12.6. The van der Waals surface area contributed by atoms with E-state index < -0.39 is 5.91 Å². The number of nitrogens with two attached hydrogens (primary N) is 1. The Morgan fingerprint density at radius 2 is 2.00 bits per heavy atom. The standard InChI is InChI=1S/C24H25N5O4/c1-29-12-20-21(24(29)31)19(28-18-6-4-5-17(23(25)30)22(18)33-3)11-16(27-20)10-15-9-14(13-32-2)7-8-26-15/h4-9,11H,10,12-13H2,1-3H3,(H2,25,30)(H,27,28). The van der Waals surface area contributed by atoms with Crippen LogP contribution in [0.15, 0.2) is 42.6 Å². The number of nitrogens with zero attached hydrogens (tertiary/aromatic N) is 3. The first-order chi connectivity index (χ1) is 15.9. The van der Waals surface area contributed by atoms with Gasteiger partial charge in [-0.1, -0.05) is 6.07 Å². The molecule has 9 nitrogen and oxygen atoms in total. The Kier molecular flexibility index (Phi) is 6.23. The summed E-state index contributed by atoms with van der Waals surface area (Å²) in [6, 6.07) is 10.8. The van der Waals surface area contributed by atoms with Gasteiger partial charge in [0.05, 0.1) is 48.5 Å². The molecular weight excluding hydrogens is 422 g/mol. The van der Waals surface area contributed by atoms with Crippen molar-refractivity contribution in [2.45, 2.75) is 19.6 Å². The Balaban J connectivity index is 1.75.